The van der Waals surface area contributed by atoms with Crippen LogP contribution in [-0.2, 0) is 17.8 Å². The first-order valence-electron chi connectivity index (χ1n) is 10.3. The lowest BCUT2D eigenvalue weighted by molar-refractivity contribution is -0.133. The van der Waals surface area contributed by atoms with Gasteiger partial charge in [-0.05, 0) is 46.9 Å². The molecule has 2 aromatic carbocycles. The van der Waals surface area contributed by atoms with E-state index in [1.807, 2.05) is 36.3 Å². The maximum Gasteiger partial charge on any atom is 0.227 e. The minimum absolute atomic E-state index is 0.0994. The molecule has 1 aliphatic rings. The van der Waals surface area contributed by atoms with Crippen molar-refractivity contribution in [2.45, 2.75) is 13.0 Å². The van der Waals surface area contributed by atoms with Crippen molar-refractivity contribution in [3.8, 4) is 11.1 Å². The van der Waals surface area contributed by atoms with E-state index < -0.39 is 0 Å². The predicted molar refractivity (Wildman–Crippen MR) is 116 cm³/mol. The number of hydrogen-bond acceptors (Lipinski definition) is 3. The minimum Gasteiger partial charge on any atom is -0.344 e. The van der Waals surface area contributed by atoms with Gasteiger partial charge in [-0.3, -0.25) is 14.7 Å². The Hall–Kier alpha value is -3.05. The van der Waals surface area contributed by atoms with Crippen molar-refractivity contribution in [3.63, 3.8) is 0 Å². The summed E-state index contributed by atoms with van der Waals surface area (Å²) in [4.78, 5) is 21.4. The summed E-state index contributed by atoms with van der Waals surface area (Å²) in [7, 11) is 1.89. The molecule has 0 radical (unpaired) electrons. The van der Waals surface area contributed by atoms with Gasteiger partial charge in [0.1, 0.15) is 5.82 Å². The number of rotatable bonds is 5. The Morgan fingerprint density at radius 2 is 1.80 bits per heavy atom. The zero-order valence-electron chi connectivity index (χ0n) is 17.2. The van der Waals surface area contributed by atoms with Crippen molar-refractivity contribution < 1.29 is 9.18 Å². The van der Waals surface area contributed by atoms with Gasteiger partial charge in [0, 0.05) is 45.6 Å². The summed E-state index contributed by atoms with van der Waals surface area (Å²) >= 11 is 0. The van der Waals surface area contributed by atoms with Gasteiger partial charge in [-0.1, -0.05) is 42.5 Å². The fourth-order valence-electron chi connectivity index (χ4n) is 4.04. The number of carbonyl (C=O) groups is 1. The Bertz CT molecular complexity index is 991. The summed E-state index contributed by atoms with van der Waals surface area (Å²) in [5, 5.41) is 0. The zero-order chi connectivity index (χ0) is 20.9. The summed E-state index contributed by atoms with van der Waals surface area (Å²) in [6.45, 7) is 3.09. The fourth-order valence-corrected chi connectivity index (χ4v) is 4.04. The zero-order valence-corrected chi connectivity index (χ0v) is 17.2. The van der Waals surface area contributed by atoms with Crippen LogP contribution < -0.4 is 0 Å². The molecule has 1 atom stereocenters. The number of halogens is 1. The highest BCUT2D eigenvalue weighted by atomic mass is 19.1. The van der Waals surface area contributed by atoms with E-state index in [0.29, 0.717) is 6.42 Å². The Morgan fingerprint density at radius 1 is 1.00 bits per heavy atom. The summed E-state index contributed by atoms with van der Waals surface area (Å²) in [5.41, 5.74) is 4.29. The molecule has 0 spiro atoms. The molecule has 4 nitrogen and oxygen atoms in total. The van der Waals surface area contributed by atoms with Crippen molar-refractivity contribution in [2.75, 3.05) is 26.7 Å². The standard InChI is InChI=1S/C25H26FN3O/c1-28-12-13-29(17-20-5-3-11-27-16-20)18-23(25(28)30)15-19-4-2-6-22(14-19)21-7-9-24(26)10-8-21/h2-11,14,16,23H,12-13,15,17-18H2,1H3. The van der Waals surface area contributed by atoms with E-state index in [2.05, 4.69) is 28.1 Å². The first-order chi connectivity index (χ1) is 14.6. The van der Waals surface area contributed by atoms with Crippen LogP contribution in [0.1, 0.15) is 11.1 Å². The lowest BCUT2D eigenvalue weighted by Crippen LogP contribution is -2.34. The smallest absolute Gasteiger partial charge is 0.227 e. The monoisotopic (exact) mass is 403 g/mol. The van der Waals surface area contributed by atoms with Crippen molar-refractivity contribution in [1.82, 2.24) is 14.8 Å². The molecule has 30 heavy (non-hydrogen) atoms. The number of carbonyl (C=O) groups excluding carboxylic acids is 1. The van der Waals surface area contributed by atoms with Crippen LogP contribution in [0, 0.1) is 11.7 Å². The quantitative estimate of drug-likeness (QED) is 0.646. The molecule has 154 valence electrons. The number of aromatic nitrogens is 1. The number of pyridine rings is 1. The number of nitrogens with zero attached hydrogens (tertiary/aromatic N) is 3. The van der Waals surface area contributed by atoms with E-state index in [1.165, 1.54) is 12.1 Å². The van der Waals surface area contributed by atoms with Gasteiger partial charge in [0.15, 0.2) is 0 Å². The second-order valence-electron chi connectivity index (χ2n) is 7.96. The Balaban J connectivity index is 1.52. The van der Waals surface area contributed by atoms with Crippen LogP contribution in [0.5, 0.6) is 0 Å². The van der Waals surface area contributed by atoms with E-state index in [1.54, 1.807) is 18.3 Å². The van der Waals surface area contributed by atoms with E-state index in [9.17, 15) is 9.18 Å². The van der Waals surface area contributed by atoms with E-state index in [4.69, 9.17) is 0 Å². The molecule has 0 N–H and O–H groups in total. The first-order valence-corrected chi connectivity index (χ1v) is 10.3. The van der Waals surface area contributed by atoms with Crippen LogP contribution in [0.15, 0.2) is 73.1 Å². The fraction of sp³-hybridized carbons (Fsp3) is 0.280. The van der Waals surface area contributed by atoms with E-state index in [-0.39, 0.29) is 17.6 Å². The highest BCUT2D eigenvalue weighted by molar-refractivity contribution is 5.79. The second kappa shape index (κ2) is 9.18. The van der Waals surface area contributed by atoms with Gasteiger partial charge >= 0.3 is 0 Å². The molecule has 5 heteroatoms. The highest BCUT2D eigenvalue weighted by Gasteiger charge is 2.28. The molecule has 1 amide bonds. The summed E-state index contributed by atoms with van der Waals surface area (Å²) in [6.07, 6.45) is 4.35. The third-order valence-corrected chi connectivity index (χ3v) is 5.67. The van der Waals surface area contributed by atoms with Crippen molar-refractivity contribution in [1.29, 1.82) is 0 Å². The van der Waals surface area contributed by atoms with Crippen LogP contribution in [0.2, 0.25) is 0 Å². The van der Waals surface area contributed by atoms with Crippen molar-refractivity contribution >= 4 is 5.91 Å². The van der Waals surface area contributed by atoms with E-state index in [0.717, 1.165) is 48.4 Å². The Morgan fingerprint density at radius 3 is 2.57 bits per heavy atom. The van der Waals surface area contributed by atoms with Gasteiger partial charge in [-0.25, -0.2) is 4.39 Å². The number of hydrogen-bond donors (Lipinski definition) is 0. The molecule has 0 bridgehead atoms. The third kappa shape index (κ3) is 4.92. The van der Waals surface area contributed by atoms with Gasteiger partial charge in [0.05, 0.1) is 5.92 Å². The SMILES string of the molecule is CN1CCN(Cc2cccnc2)CC(Cc2cccc(-c3ccc(F)cc3)c2)C1=O. The molecule has 0 saturated carbocycles. The van der Waals surface area contributed by atoms with Crippen molar-refractivity contribution in [2.24, 2.45) is 5.92 Å². The maximum atomic E-state index is 13.3. The molecular formula is C25H26FN3O. The Kier molecular flexibility index (Phi) is 6.19. The molecule has 1 fully saturated rings. The van der Waals surface area contributed by atoms with Crippen LogP contribution >= 0.6 is 0 Å². The highest BCUT2D eigenvalue weighted by Crippen LogP contribution is 2.24. The van der Waals surface area contributed by atoms with Crippen LogP contribution in [-0.4, -0.2) is 47.4 Å². The number of benzene rings is 2. The van der Waals surface area contributed by atoms with Gasteiger partial charge in [-0.15, -0.1) is 0 Å². The summed E-state index contributed by atoms with van der Waals surface area (Å²) < 4.78 is 13.3. The molecule has 1 unspecified atom stereocenters. The maximum absolute atomic E-state index is 13.3. The third-order valence-electron chi connectivity index (χ3n) is 5.67. The predicted octanol–water partition coefficient (Wildman–Crippen LogP) is 4.02. The molecule has 1 aliphatic heterocycles. The number of likely N-dealkylation sites (N-methyl/N-ethyl adjacent to an activating group) is 1. The minimum atomic E-state index is -0.240. The van der Waals surface area contributed by atoms with Gasteiger partial charge < -0.3 is 4.90 Å². The second-order valence-corrected chi connectivity index (χ2v) is 7.96. The van der Waals surface area contributed by atoms with Gasteiger partial charge in [-0.2, -0.15) is 0 Å². The molecular weight excluding hydrogens is 377 g/mol. The number of amides is 1. The average Bonchev–Trinajstić information content (AvgIpc) is 2.89. The average molecular weight is 404 g/mol. The van der Waals surface area contributed by atoms with Crippen molar-refractivity contribution in [3.05, 3.63) is 90.0 Å². The molecule has 2 heterocycles. The normalized spacial score (nSPS) is 17.7. The lowest BCUT2D eigenvalue weighted by atomic mass is 9.95. The Labute approximate surface area is 177 Å². The molecule has 0 aliphatic carbocycles. The van der Waals surface area contributed by atoms with Gasteiger partial charge in [0.25, 0.3) is 0 Å². The molecule has 4 rings (SSSR count). The first kappa shape index (κ1) is 20.2. The van der Waals surface area contributed by atoms with E-state index >= 15 is 0 Å². The summed E-state index contributed by atoms with van der Waals surface area (Å²) in [5.74, 6) is -0.149. The largest absolute Gasteiger partial charge is 0.344 e. The lowest BCUT2D eigenvalue weighted by Gasteiger charge is -2.23. The molecule has 1 aromatic heterocycles. The van der Waals surface area contributed by atoms with Crippen LogP contribution in [0.25, 0.3) is 11.1 Å². The van der Waals surface area contributed by atoms with Gasteiger partial charge in [0.2, 0.25) is 5.91 Å². The topological polar surface area (TPSA) is 36.4 Å². The van der Waals surface area contributed by atoms with Crippen LogP contribution in [0.3, 0.4) is 0 Å². The molecule has 1 saturated heterocycles. The van der Waals surface area contributed by atoms with Crippen LogP contribution in [0.4, 0.5) is 4.39 Å². The molecule has 3 aromatic rings. The summed E-state index contributed by atoms with van der Waals surface area (Å²) in [6, 6.07) is 18.7.